The van der Waals surface area contributed by atoms with Crippen molar-refractivity contribution in [3.05, 3.63) is 41.2 Å². The molecule has 0 bridgehead atoms. The lowest BCUT2D eigenvalue weighted by Gasteiger charge is -2.69. The number of rotatable bonds is 13. The van der Waals surface area contributed by atoms with Crippen LogP contribution in [0.5, 0.6) is 0 Å². The number of aliphatic carboxylic acids is 1. The number of ketones is 1. The van der Waals surface area contributed by atoms with Gasteiger partial charge in [-0.1, -0.05) is 47.1 Å². The second-order valence-corrected chi connectivity index (χ2v) is 20.0. The first-order chi connectivity index (χ1) is 24.9. The molecule has 0 radical (unpaired) electrons. The number of nitrogens with one attached hydrogen (secondary N) is 1. The van der Waals surface area contributed by atoms with E-state index in [2.05, 4.69) is 68.9 Å². The van der Waals surface area contributed by atoms with E-state index in [1.54, 1.807) is 19.4 Å². The Morgan fingerprint density at radius 2 is 1.68 bits per heavy atom. The number of likely N-dealkylation sites (N-methyl/N-ethyl adjacent to an activating group) is 1. The van der Waals surface area contributed by atoms with Gasteiger partial charge in [-0.15, -0.1) is 0 Å². The van der Waals surface area contributed by atoms with E-state index >= 15 is 0 Å². The summed E-state index contributed by atoms with van der Waals surface area (Å²) in [5, 5.41) is 13.0. The van der Waals surface area contributed by atoms with E-state index < -0.39 is 17.4 Å². The number of ether oxygens (including phenoxy) is 1. The second kappa shape index (κ2) is 14.8. The Bertz CT molecular complexity index is 1570. The minimum absolute atomic E-state index is 0.0303. The molecule has 0 spiro atoms. The Kier molecular flexibility index (Phi) is 11.2. The molecule has 0 saturated heterocycles. The third kappa shape index (κ3) is 7.18. The van der Waals surface area contributed by atoms with Crippen molar-refractivity contribution < 1.29 is 24.2 Å². The first-order valence-corrected chi connectivity index (χ1v) is 20.9. The van der Waals surface area contributed by atoms with Crippen molar-refractivity contribution in [2.75, 3.05) is 26.7 Å². The minimum atomic E-state index is -1.14. The van der Waals surface area contributed by atoms with Crippen LogP contribution >= 0.6 is 0 Å². The van der Waals surface area contributed by atoms with E-state index in [1.165, 1.54) is 30.4 Å². The van der Waals surface area contributed by atoms with Gasteiger partial charge in [-0.3, -0.25) is 24.3 Å². The van der Waals surface area contributed by atoms with Crippen LogP contribution in [0.3, 0.4) is 0 Å². The normalized spacial score (nSPS) is 35.1. The maximum Gasteiger partial charge on any atom is 0.309 e. The van der Waals surface area contributed by atoms with Gasteiger partial charge in [0.25, 0.3) is 0 Å². The van der Waals surface area contributed by atoms with Gasteiger partial charge in [0.2, 0.25) is 0 Å². The molecule has 8 atom stereocenters. The fraction of sp³-hybridized carbons (Fsp3) is 0.778. The van der Waals surface area contributed by atoms with Crippen molar-refractivity contribution in [3.63, 3.8) is 0 Å². The van der Waals surface area contributed by atoms with Crippen LogP contribution in [0, 0.1) is 56.7 Å². The van der Waals surface area contributed by atoms with Crippen molar-refractivity contribution >= 4 is 17.7 Å². The van der Waals surface area contributed by atoms with E-state index in [0.717, 1.165) is 64.7 Å². The van der Waals surface area contributed by atoms with Crippen molar-refractivity contribution in [2.45, 2.75) is 139 Å². The first-order valence-electron chi connectivity index (χ1n) is 20.9. The van der Waals surface area contributed by atoms with E-state index in [9.17, 15) is 19.5 Å². The first kappa shape index (κ1) is 40.1. The standard InChI is InChI=1S/C45H69N3O5/c1-29(2)38-33(49)26-45(20-24-48(25-23-46-9)28-30-15-21-47-22-16-30)19-12-32-31(39(38)45)10-11-35-43(32,7)17-13-34-42(5,6)36(14-18-44(34,35)8)53-37(50)27-41(3,4)40(51)52/h15-16,21-22,29,31-32,34-36,46H,10-14,17-20,23-28H2,1-9H3,(H,51,52). The molecule has 8 heteroatoms. The molecule has 4 saturated carbocycles. The van der Waals surface area contributed by atoms with E-state index in [1.807, 2.05) is 19.4 Å². The smallest absolute Gasteiger partial charge is 0.309 e. The van der Waals surface area contributed by atoms with Gasteiger partial charge in [-0.05, 0) is 149 Å². The van der Waals surface area contributed by atoms with Gasteiger partial charge >= 0.3 is 11.9 Å². The van der Waals surface area contributed by atoms with E-state index in [4.69, 9.17) is 4.74 Å². The largest absolute Gasteiger partial charge is 0.481 e. The Morgan fingerprint density at radius 3 is 2.34 bits per heavy atom. The third-order valence-electron chi connectivity index (χ3n) is 15.9. The predicted molar refractivity (Wildman–Crippen MR) is 209 cm³/mol. The second-order valence-electron chi connectivity index (χ2n) is 20.0. The van der Waals surface area contributed by atoms with Crippen LogP contribution in [0.1, 0.15) is 132 Å². The van der Waals surface area contributed by atoms with Gasteiger partial charge in [0.15, 0.2) is 5.78 Å². The van der Waals surface area contributed by atoms with Crippen LogP contribution in [-0.4, -0.2) is 65.5 Å². The summed E-state index contributed by atoms with van der Waals surface area (Å²) in [5.41, 5.74) is 2.99. The molecule has 1 aromatic heterocycles. The van der Waals surface area contributed by atoms with Crippen LogP contribution in [0.4, 0.5) is 0 Å². The maximum absolute atomic E-state index is 14.1. The lowest BCUT2D eigenvalue weighted by atomic mass is 9.36. The highest BCUT2D eigenvalue weighted by Crippen LogP contribution is 2.73. The number of carboxylic acid groups (broad SMARTS) is 1. The molecule has 1 heterocycles. The Hall–Kier alpha value is -2.58. The highest BCUT2D eigenvalue weighted by molar-refractivity contribution is 6.00. The van der Waals surface area contributed by atoms with Crippen molar-refractivity contribution in [1.29, 1.82) is 0 Å². The number of carboxylic acids is 1. The van der Waals surface area contributed by atoms with Crippen molar-refractivity contribution in [1.82, 2.24) is 15.2 Å². The quantitative estimate of drug-likeness (QED) is 0.195. The van der Waals surface area contributed by atoms with Crippen molar-refractivity contribution in [2.24, 2.45) is 56.7 Å². The lowest BCUT2D eigenvalue weighted by molar-refractivity contribution is -0.214. The number of carbonyl (C=O) groups is 3. The molecule has 53 heavy (non-hydrogen) atoms. The summed E-state index contributed by atoms with van der Waals surface area (Å²) >= 11 is 0. The number of Topliss-reactive ketones (excluding diaryl/α,β-unsaturated/α-hetero) is 1. The van der Waals surface area contributed by atoms with E-state index in [-0.39, 0.29) is 40.1 Å². The molecule has 0 aliphatic heterocycles. The molecule has 2 N–H and O–H groups in total. The Labute approximate surface area is 319 Å². The molecule has 294 valence electrons. The number of esters is 1. The zero-order valence-corrected chi connectivity index (χ0v) is 34.4. The van der Waals surface area contributed by atoms with Gasteiger partial charge in [0, 0.05) is 49.3 Å². The van der Waals surface area contributed by atoms with E-state index in [0.29, 0.717) is 35.9 Å². The summed E-state index contributed by atoms with van der Waals surface area (Å²) in [7, 11) is 2.02. The molecule has 1 aromatic rings. The highest BCUT2D eigenvalue weighted by Gasteiger charge is 2.66. The molecule has 5 aliphatic carbocycles. The molecule has 4 fully saturated rings. The minimum Gasteiger partial charge on any atom is -0.481 e. The molecule has 8 nitrogen and oxygen atoms in total. The summed E-state index contributed by atoms with van der Waals surface area (Å²) < 4.78 is 6.18. The average Bonchev–Trinajstić information content (AvgIpc) is 3.39. The van der Waals surface area contributed by atoms with Crippen LogP contribution < -0.4 is 5.32 Å². The van der Waals surface area contributed by atoms with Gasteiger partial charge in [0.1, 0.15) is 6.10 Å². The molecule has 8 unspecified atom stereocenters. The van der Waals surface area contributed by atoms with Crippen LogP contribution in [0.15, 0.2) is 35.7 Å². The highest BCUT2D eigenvalue weighted by atomic mass is 16.5. The number of carbonyl (C=O) groups excluding carboxylic acids is 2. The molecule has 0 aromatic carbocycles. The fourth-order valence-corrected chi connectivity index (χ4v) is 13.2. The summed E-state index contributed by atoms with van der Waals surface area (Å²) in [5.74, 6) is 1.35. The Morgan fingerprint density at radius 1 is 0.981 bits per heavy atom. The summed E-state index contributed by atoms with van der Waals surface area (Å²) in [6.07, 6.45) is 14.0. The topological polar surface area (TPSA) is 109 Å². The fourth-order valence-electron chi connectivity index (χ4n) is 13.2. The number of pyridine rings is 1. The summed E-state index contributed by atoms with van der Waals surface area (Å²) in [6.45, 7) is 21.3. The predicted octanol–water partition coefficient (Wildman–Crippen LogP) is 8.50. The molecule has 6 rings (SSSR count). The van der Waals surface area contributed by atoms with Gasteiger partial charge in [0.05, 0.1) is 11.8 Å². The summed E-state index contributed by atoms with van der Waals surface area (Å²) in [6, 6.07) is 4.24. The maximum atomic E-state index is 14.1. The zero-order chi connectivity index (χ0) is 38.6. The lowest BCUT2D eigenvalue weighted by Crippen LogP contribution is -2.63. The summed E-state index contributed by atoms with van der Waals surface area (Å²) in [4.78, 5) is 45.8. The molecular weight excluding hydrogens is 663 g/mol. The average molecular weight is 732 g/mol. The number of fused-ring (bicyclic) bond motifs is 7. The van der Waals surface area contributed by atoms with Gasteiger partial charge in [-0.25, -0.2) is 0 Å². The number of hydrogen-bond acceptors (Lipinski definition) is 7. The monoisotopic (exact) mass is 732 g/mol. The third-order valence-corrected chi connectivity index (χ3v) is 15.9. The van der Waals surface area contributed by atoms with Crippen LogP contribution in [0.2, 0.25) is 0 Å². The van der Waals surface area contributed by atoms with Crippen LogP contribution in [-0.2, 0) is 25.7 Å². The molecule has 5 aliphatic rings. The number of allylic oxidation sites excluding steroid dienone is 2. The zero-order valence-electron chi connectivity index (χ0n) is 34.4. The molecule has 0 amide bonds. The number of nitrogens with zero attached hydrogens (tertiary/aromatic N) is 2. The van der Waals surface area contributed by atoms with Gasteiger partial charge < -0.3 is 15.2 Å². The van der Waals surface area contributed by atoms with Crippen LogP contribution in [0.25, 0.3) is 0 Å². The van der Waals surface area contributed by atoms with Crippen molar-refractivity contribution in [3.8, 4) is 0 Å². The SMILES string of the molecule is CNCCN(CCC12CCC3C(CCC4C3(C)CCC3C(C)(C)C(OC(=O)CC(C)(C)C(=O)O)CCC34C)C1=C(C(C)C)C(=O)C2)Cc1ccncc1. The Balaban J connectivity index is 1.23. The van der Waals surface area contributed by atoms with Gasteiger partial charge in [-0.2, -0.15) is 0 Å². The number of hydrogen-bond donors (Lipinski definition) is 2. The number of aromatic nitrogens is 1. The molecular formula is C45H69N3O5.